The van der Waals surface area contributed by atoms with E-state index in [4.69, 9.17) is 5.11 Å². The van der Waals surface area contributed by atoms with Crippen LogP contribution in [0.4, 0.5) is 0 Å². The minimum atomic E-state index is -0.148. The Kier molecular flexibility index (Phi) is 25.1. The summed E-state index contributed by atoms with van der Waals surface area (Å²) >= 11 is 0. The quantitative estimate of drug-likeness (QED) is 0.353. The van der Waals surface area contributed by atoms with Crippen molar-refractivity contribution < 1.29 is 10.2 Å². The van der Waals surface area contributed by atoms with Crippen LogP contribution in [0.15, 0.2) is 0 Å². The third kappa shape index (κ3) is 24.2. The molecule has 0 fully saturated rings. The van der Waals surface area contributed by atoms with Crippen molar-refractivity contribution in [3.8, 4) is 0 Å². The monoisotopic (exact) mass is 346 g/mol. The lowest BCUT2D eigenvalue weighted by Crippen LogP contribution is -2.13. The van der Waals surface area contributed by atoms with E-state index in [1.165, 1.54) is 64.2 Å². The van der Waals surface area contributed by atoms with Gasteiger partial charge in [-0.15, -0.1) is 0 Å². The summed E-state index contributed by atoms with van der Waals surface area (Å²) in [5, 5.41) is 18.3. The standard InChI is InChI=1S/C16H34O.C5H12O.CH4/c1-4-5-6-7-8-9-10-11-12-13-14-16(17)15(2)3;1-4(2)5(3)6;/h15-17H,4-14H2,1-3H3;4-6H,1-3H3;1H4/t16-;5-;/m10./s1. The van der Waals surface area contributed by atoms with Crippen LogP contribution in [0.1, 0.15) is 120 Å². The van der Waals surface area contributed by atoms with E-state index in [1.807, 2.05) is 13.8 Å². The molecule has 2 nitrogen and oxygen atoms in total. The lowest BCUT2D eigenvalue weighted by molar-refractivity contribution is 0.113. The second kappa shape index (κ2) is 21.0. The Labute approximate surface area is 154 Å². The summed E-state index contributed by atoms with van der Waals surface area (Å²) in [7, 11) is 0. The maximum Gasteiger partial charge on any atom is 0.0563 e. The van der Waals surface area contributed by atoms with Crippen LogP contribution in [0.5, 0.6) is 0 Å². The fraction of sp³-hybridized carbons (Fsp3) is 1.00. The first kappa shape index (κ1) is 28.7. The van der Waals surface area contributed by atoms with Crippen molar-refractivity contribution in [1.82, 2.24) is 0 Å². The average molecular weight is 347 g/mol. The minimum Gasteiger partial charge on any atom is -0.393 e. The number of hydrogen-bond acceptors (Lipinski definition) is 2. The molecule has 0 unspecified atom stereocenters. The molecule has 2 N–H and O–H groups in total. The van der Waals surface area contributed by atoms with E-state index >= 15 is 0 Å². The highest BCUT2D eigenvalue weighted by atomic mass is 16.3. The van der Waals surface area contributed by atoms with Gasteiger partial charge in [0.2, 0.25) is 0 Å². The zero-order chi connectivity index (χ0) is 18.1. The molecule has 0 heterocycles. The summed E-state index contributed by atoms with van der Waals surface area (Å²) in [4.78, 5) is 0. The second-order valence-corrected chi connectivity index (χ2v) is 7.77. The van der Waals surface area contributed by atoms with E-state index < -0.39 is 0 Å². The lowest BCUT2D eigenvalue weighted by atomic mass is 10.00. The Morgan fingerprint density at radius 2 is 0.917 bits per heavy atom. The van der Waals surface area contributed by atoms with Gasteiger partial charge >= 0.3 is 0 Å². The highest BCUT2D eigenvalue weighted by Gasteiger charge is 2.07. The molecule has 150 valence electrons. The molecule has 0 spiro atoms. The largest absolute Gasteiger partial charge is 0.393 e. The van der Waals surface area contributed by atoms with Gasteiger partial charge in [-0.2, -0.15) is 0 Å². The highest BCUT2D eigenvalue weighted by molar-refractivity contribution is 4.59. The molecule has 0 aliphatic rings. The number of rotatable bonds is 13. The first-order valence-electron chi connectivity index (χ1n) is 10.2. The second-order valence-electron chi connectivity index (χ2n) is 7.77. The first-order valence-corrected chi connectivity index (χ1v) is 10.2. The molecule has 0 amide bonds. The van der Waals surface area contributed by atoms with Crippen LogP contribution >= 0.6 is 0 Å². The number of aliphatic hydroxyl groups excluding tert-OH is 2. The average Bonchev–Trinajstić information content (AvgIpc) is 2.49. The van der Waals surface area contributed by atoms with Crippen molar-refractivity contribution in [2.24, 2.45) is 11.8 Å². The molecule has 2 heteroatoms. The predicted octanol–water partition coefficient (Wildman–Crippen LogP) is 6.97. The molecule has 24 heavy (non-hydrogen) atoms. The van der Waals surface area contributed by atoms with Gasteiger partial charge in [-0.05, 0) is 25.2 Å². The summed E-state index contributed by atoms with van der Waals surface area (Å²) in [5.41, 5.74) is 0. The number of unbranched alkanes of at least 4 members (excludes halogenated alkanes) is 9. The number of hydrogen-bond donors (Lipinski definition) is 2. The molecule has 0 aromatic rings. The van der Waals surface area contributed by atoms with Crippen LogP contribution in [0, 0.1) is 11.8 Å². The Bertz CT molecular complexity index is 206. The molecule has 0 aromatic heterocycles. The molecule has 0 aromatic carbocycles. The Hall–Kier alpha value is -0.0800. The van der Waals surface area contributed by atoms with Gasteiger partial charge in [0.15, 0.2) is 0 Å². The van der Waals surface area contributed by atoms with E-state index in [1.54, 1.807) is 6.92 Å². The van der Waals surface area contributed by atoms with Crippen molar-refractivity contribution >= 4 is 0 Å². The predicted molar refractivity (Wildman–Crippen MR) is 111 cm³/mol. The van der Waals surface area contributed by atoms with Gasteiger partial charge in [-0.1, -0.05) is 106 Å². The third-order valence-electron chi connectivity index (χ3n) is 4.59. The fourth-order valence-electron chi connectivity index (χ4n) is 2.17. The molecule has 0 radical (unpaired) electrons. The molecule has 0 rings (SSSR count). The fourth-order valence-corrected chi connectivity index (χ4v) is 2.17. The zero-order valence-corrected chi connectivity index (χ0v) is 17.0. The first-order chi connectivity index (χ1) is 10.8. The minimum absolute atomic E-state index is 0. The van der Waals surface area contributed by atoms with Gasteiger partial charge in [0.1, 0.15) is 0 Å². The van der Waals surface area contributed by atoms with Crippen molar-refractivity contribution in [2.75, 3.05) is 0 Å². The third-order valence-corrected chi connectivity index (χ3v) is 4.59. The summed E-state index contributed by atoms with van der Waals surface area (Å²) in [6.07, 6.45) is 14.5. The Balaban J connectivity index is -0.000000538. The van der Waals surface area contributed by atoms with E-state index in [-0.39, 0.29) is 19.6 Å². The summed E-state index contributed by atoms with van der Waals surface area (Å²) in [6.45, 7) is 12.2. The highest BCUT2D eigenvalue weighted by Crippen LogP contribution is 2.14. The van der Waals surface area contributed by atoms with Gasteiger partial charge in [0.05, 0.1) is 12.2 Å². The molecule has 2 atom stereocenters. The topological polar surface area (TPSA) is 40.5 Å². The van der Waals surface area contributed by atoms with Crippen molar-refractivity contribution in [2.45, 2.75) is 132 Å². The van der Waals surface area contributed by atoms with Gasteiger partial charge in [-0.3, -0.25) is 0 Å². The molecule has 0 saturated carbocycles. The summed E-state index contributed by atoms with van der Waals surface area (Å²) in [6, 6.07) is 0. The van der Waals surface area contributed by atoms with Crippen molar-refractivity contribution in [3.63, 3.8) is 0 Å². The van der Waals surface area contributed by atoms with Gasteiger partial charge in [0, 0.05) is 0 Å². The maximum atomic E-state index is 9.65. The van der Waals surface area contributed by atoms with Crippen LogP contribution in [0.2, 0.25) is 0 Å². The molecule has 0 bridgehead atoms. The zero-order valence-electron chi connectivity index (χ0n) is 17.0. The number of aliphatic hydroxyl groups is 2. The summed E-state index contributed by atoms with van der Waals surface area (Å²) < 4.78 is 0. The van der Waals surface area contributed by atoms with E-state index in [2.05, 4.69) is 20.8 Å². The van der Waals surface area contributed by atoms with Crippen LogP contribution in [0.25, 0.3) is 0 Å². The van der Waals surface area contributed by atoms with Crippen molar-refractivity contribution in [3.05, 3.63) is 0 Å². The van der Waals surface area contributed by atoms with Crippen LogP contribution < -0.4 is 0 Å². The molecule has 0 saturated heterocycles. The van der Waals surface area contributed by atoms with Crippen LogP contribution in [-0.4, -0.2) is 22.4 Å². The molecule has 0 aliphatic carbocycles. The molecular formula is C22H50O2. The Morgan fingerprint density at radius 1 is 0.583 bits per heavy atom. The van der Waals surface area contributed by atoms with Gasteiger partial charge in [-0.25, -0.2) is 0 Å². The van der Waals surface area contributed by atoms with Crippen molar-refractivity contribution in [1.29, 1.82) is 0 Å². The van der Waals surface area contributed by atoms with Crippen LogP contribution in [-0.2, 0) is 0 Å². The maximum absolute atomic E-state index is 9.65. The summed E-state index contributed by atoms with van der Waals surface area (Å²) in [5.74, 6) is 0.832. The lowest BCUT2D eigenvalue weighted by Gasteiger charge is -2.13. The van der Waals surface area contributed by atoms with E-state index in [0.717, 1.165) is 6.42 Å². The smallest absolute Gasteiger partial charge is 0.0563 e. The van der Waals surface area contributed by atoms with Crippen LogP contribution in [0.3, 0.4) is 0 Å². The van der Waals surface area contributed by atoms with Gasteiger partial charge in [0.25, 0.3) is 0 Å². The SMILES string of the molecule is C.CC(C)[C@H](C)O.CCCCCCCCCCCC[C@@H](O)C(C)C. The normalized spacial score (nSPS) is 13.2. The molecule has 0 aliphatic heterocycles. The van der Waals surface area contributed by atoms with E-state index in [9.17, 15) is 5.11 Å². The Morgan fingerprint density at radius 3 is 1.21 bits per heavy atom. The molecular weight excluding hydrogens is 296 g/mol. The van der Waals surface area contributed by atoms with Gasteiger partial charge < -0.3 is 10.2 Å². The van der Waals surface area contributed by atoms with E-state index in [0.29, 0.717) is 11.8 Å².